The average Bonchev–Trinajstić information content (AvgIpc) is 2.66. The predicted molar refractivity (Wildman–Crippen MR) is 107 cm³/mol. The lowest BCUT2D eigenvalue weighted by molar-refractivity contribution is -0.127. The SMILES string of the molecule is C[C@H](NC(=O)[C@H]1CCCN(Cc2c(Cl)cccc2Cl)C1)c1ccccc1. The van der Waals surface area contributed by atoms with Crippen LogP contribution in [0.25, 0.3) is 0 Å². The van der Waals surface area contributed by atoms with Crippen molar-refractivity contribution in [2.24, 2.45) is 5.92 Å². The summed E-state index contributed by atoms with van der Waals surface area (Å²) in [6.07, 6.45) is 1.92. The Balaban J connectivity index is 1.60. The fourth-order valence-electron chi connectivity index (χ4n) is 3.48. The molecule has 2 atom stereocenters. The second-order valence-electron chi connectivity index (χ2n) is 6.92. The molecule has 1 fully saturated rings. The van der Waals surface area contributed by atoms with Crippen LogP contribution >= 0.6 is 23.2 Å². The Hall–Kier alpha value is -1.55. The van der Waals surface area contributed by atoms with Crippen molar-refractivity contribution in [2.45, 2.75) is 32.4 Å². The number of nitrogens with one attached hydrogen (secondary N) is 1. The number of rotatable bonds is 5. The molecule has 3 rings (SSSR count). The lowest BCUT2D eigenvalue weighted by Gasteiger charge is -2.33. The quantitative estimate of drug-likeness (QED) is 0.771. The smallest absolute Gasteiger partial charge is 0.224 e. The fourth-order valence-corrected chi connectivity index (χ4v) is 3.99. The van der Waals surface area contributed by atoms with Crippen molar-refractivity contribution >= 4 is 29.1 Å². The van der Waals surface area contributed by atoms with E-state index < -0.39 is 0 Å². The van der Waals surface area contributed by atoms with E-state index >= 15 is 0 Å². The summed E-state index contributed by atoms with van der Waals surface area (Å²) < 4.78 is 0. The molecule has 0 spiro atoms. The summed E-state index contributed by atoms with van der Waals surface area (Å²) in [7, 11) is 0. The molecule has 1 amide bonds. The number of benzene rings is 2. The van der Waals surface area contributed by atoms with E-state index in [4.69, 9.17) is 23.2 Å². The van der Waals surface area contributed by atoms with Crippen LogP contribution in [0.2, 0.25) is 10.0 Å². The van der Waals surface area contributed by atoms with Crippen molar-refractivity contribution in [2.75, 3.05) is 13.1 Å². The zero-order valence-electron chi connectivity index (χ0n) is 14.9. The van der Waals surface area contributed by atoms with E-state index in [2.05, 4.69) is 10.2 Å². The van der Waals surface area contributed by atoms with Gasteiger partial charge in [-0.3, -0.25) is 9.69 Å². The minimum Gasteiger partial charge on any atom is -0.349 e. The van der Waals surface area contributed by atoms with Crippen molar-refractivity contribution in [3.05, 3.63) is 69.7 Å². The Bertz CT molecular complexity index is 731. The van der Waals surface area contributed by atoms with Crippen LogP contribution in [0.5, 0.6) is 0 Å². The van der Waals surface area contributed by atoms with Gasteiger partial charge in [0.15, 0.2) is 0 Å². The molecule has 0 radical (unpaired) electrons. The van der Waals surface area contributed by atoms with Crippen LogP contribution in [0.3, 0.4) is 0 Å². The lowest BCUT2D eigenvalue weighted by Crippen LogP contribution is -2.43. The van der Waals surface area contributed by atoms with Gasteiger partial charge >= 0.3 is 0 Å². The van der Waals surface area contributed by atoms with E-state index in [1.54, 1.807) is 0 Å². The maximum absolute atomic E-state index is 12.7. The Labute approximate surface area is 165 Å². The number of amides is 1. The highest BCUT2D eigenvalue weighted by atomic mass is 35.5. The van der Waals surface area contributed by atoms with Crippen LogP contribution in [0.15, 0.2) is 48.5 Å². The third-order valence-electron chi connectivity index (χ3n) is 4.98. The van der Waals surface area contributed by atoms with Gasteiger partial charge in [-0.2, -0.15) is 0 Å². The van der Waals surface area contributed by atoms with Crippen molar-refractivity contribution in [1.29, 1.82) is 0 Å². The van der Waals surface area contributed by atoms with E-state index in [-0.39, 0.29) is 17.9 Å². The monoisotopic (exact) mass is 390 g/mol. The summed E-state index contributed by atoms with van der Waals surface area (Å²) in [5.41, 5.74) is 2.06. The first kappa shape index (κ1) is 19.2. The van der Waals surface area contributed by atoms with Crippen LogP contribution < -0.4 is 5.32 Å². The maximum atomic E-state index is 12.7. The average molecular weight is 391 g/mol. The number of halogens is 2. The standard InChI is InChI=1S/C21H24Cl2N2O/c1-15(16-7-3-2-4-8-16)24-21(26)17-9-6-12-25(13-17)14-18-19(22)10-5-11-20(18)23/h2-5,7-8,10-11,15,17H,6,9,12-14H2,1H3,(H,24,26)/t15-,17-/m0/s1. The molecule has 0 aromatic heterocycles. The van der Waals surface area contributed by atoms with Gasteiger partial charge in [0.1, 0.15) is 0 Å². The summed E-state index contributed by atoms with van der Waals surface area (Å²) in [5, 5.41) is 4.52. The van der Waals surface area contributed by atoms with E-state index in [1.165, 1.54) is 0 Å². The number of piperidine rings is 1. The number of likely N-dealkylation sites (tertiary alicyclic amines) is 1. The molecule has 0 bridgehead atoms. The number of hydrogen-bond acceptors (Lipinski definition) is 2. The molecule has 2 aromatic rings. The van der Waals surface area contributed by atoms with Gasteiger partial charge in [-0.25, -0.2) is 0 Å². The third kappa shape index (κ3) is 4.79. The molecule has 1 saturated heterocycles. The summed E-state index contributed by atoms with van der Waals surface area (Å²) >= 11 is 12.6. The van der Waals surface area contributed by atoms with Crippen molar-refractivity contribution in [1.82, 2.24) is 10.2 Å². The van der Waals surface area contributed by atoms with Gasteiger partial charge in [0, 0.05) is 28.7 Å². The molecular formula is C21H24Cl2N2O. The van der Waals surface area contributed by atoms with Crippen LogP contribution in [0.4, 0.5) is 0 Å². The molecule has 138 valence electrons. The fraction of sp³-hybridized carbons (Fsp3) is 0.381. The predicted octanol–water partition coefficient (Wildman–Crippen LogP) is 5.08. The van der Waals surface area contributed by atoms with Crippen molar-refractivity contribution < 1.29 is 4.79 Å². The summed E-state index contributed by atoms with van der Waals surface area (Å²) in [6, 6.07) is 15.6. The number of carbonyl (C=O) groups is 1. The van der Waals surface area contributed by atoms with Gasteiger partial charge < -0.3 is 5.32 Å². The molecule has 1 heterocycles. The molecular weight excluding hydrogens is 367 g/mol. The van der Waals surface area contributed by atoms with E-state index in [0.29, 0.717) is 16.6 Å². The van der Waals surface area contributed by atoms with Gasteiger partial charge in [0.05, 0.1) is 12.0 Å². The van der Waals surface area contributed by atoms with E-state index in [0.717, 1.165) is 37.1 Å². The number of carbonyl (C=O) groups excluding carboxylic acids is 1. The highest BCUT2D eigenvalue weighted by molar-refractivity contribution is 6.35. The Morgan fingerprint density at radius 2 is 1.85 bits per heavy atom. The second kappa shape index (κ2) is 8.90. The van der Waals surface area contributed by atoms with Gasteiger partial charge in [-0.05, 0) is 44.0 Å². The summed E-state index contributed by atoms with van der Waals surface area (Å²) in [5.74, 6) is 0.118. The molecule has 5 heteroatoms. The zero-order valence-corrected chi connectivity index (χ0v) is 16.4. The van der Waals surface area contributed by atoms with Gasteiger partial charge in [-0.15, -0.1) is 0 Å². The van der Waals surface area contributed by atoms with E-state index in [1.807, 2.05) is 55.5 Å². The Morgan fingerprint density at radius 3 is 2.54 bits per heavy atom. The van der Waals surface area contributed by atoms with Crippen LogP contribution in [0.1, 0.15) is 36.9 Å². The molecule has 1 N–H and O–H groups in total. The first-order chi connectivity index (χ1) is 12.5. The van der Waals surface area contributed by atoms with Gasteiger partial charge in [0.25, 0.3) is 0 Å². The first-order valence-corrected chi connectivity index (χ1v) is 9.80. The molecule has 0 saturated carbocycles. The van der Waals surface area contributed by atoms with Gasteiger partial charge in [-0.1, -0.05) is 59.6 Å². The Kier molecular flexibility index (Phi) is 6.58. The third-order valence-corrected chi connectivity index (χ3v) is 5.69. The largest absolute Gasteiger partial charge is 0.349 e. The zero-order chi connectivity index (χ0) is 18.5. The maximum Gasteiger partial charge on any atom is 0.224 e. The summed E-state index contributed by atoms with van der Waals surface area (Å²) in [6.45, 7) is 4.39. The lowest BCUT2D eigenvalue weighted by atomic mass is 9.96. The van der Waals surface area contributed by atoms with Crippen molar-refractivity contribution in [3.8, 4) is 0 Å². The molecule has 0 aliphatic carbocycles. The highest BCUT2D eigenvalue weighted by Gasteiger charge is 2.27. The normalized spacial score (nSPS) is 19.1. The molecule has 1 aliphatic heterocycles. The molecule has 26 heavy (non-hydrogen) atoms. The first-order valence-electron chi connectivity index (χ1n) is 9.05. The summed E-state index contributed by atoms with van der Waals surface area (Å²) in [4.78, 5) is 15.0. The van der Waals surface area contributed by atoms with Crippen LogP contribution in [-0.4, -0.2) is 23.9 Å². The molecule has 3 nitrogen and oxygen atoms in total. The topological polar surface area (TPSA) is 32.3 Å². The van der Waals surface area contributed by atoms with Crippen LogP contribution in [0, 0.1) is 5.92 Å². The van der Waals surface area contributed by atoms with Crippen LogP contribution in [-0.2, 0) is 11.3 Å². The number of nitrogens with zero attached hydrogens (tertiary/aromatic N) is 1. The molecule has 0 unspecified atom stereocenters. The minimum atomic E-state index is -0.00354. The highest BCUT2D eigenvalue weighted by Crippen LogP contribution is 2.28. The molecule has 2 aromatic carbocycles. The Morgan fingerprint density at radius 1 is 1.15 bits per heavy atom. The second-order valence-corrected chi connectivity index (χ2v) is 7.73. The number of hydrogen-bond donors (Lipinski definition) is 1. The molecule has 1 aliphatic rings. The van der Waals surface area contributed by atoms with Crippen molar-refractivity contribution in [3.63, 3.8) is 0 Å². The minimum absolute atomic E-state index is 0.00354. The van der Waals surface area contributed by atoms with E-state index in [9.17, 15) is 4.79 Å². The van der Waals surface area contributed by atoms with Gasteiger partial charge in [0.2, 0.25) is 5.91 Å².